The summed E-state index contributed by atoms with van der Waals surface area (Å²) in [5.74, 6) is -0.634. The van der Waals surface area contributed by atoms with Crippen molar-refractivity contribution in [2.45, 2.75) is 32.7 Å². The summed E-state index contributed by atoms with van der Waals surface area (Å²) < 4.78 is 5.09. The van der Waals surface area contributed by atoms with Crippen LogP contribution < -0.4 is 0 Å². The van der Waals surface area contributed by atoms with Crippen molar-refractivity contribution in [2.24, 2.45) is 4.99 Å². The molecule has 1 saturated heterocycles. The number of nitrogens with zero attached hydrogens (tertiary/aromatic N) is 5. The fourth-order valence-corrected chi connectivity index (χ4v) is 5.48. The molecule has 1 aromatic carbocycles. The Morgan fingerprint density at radius 1 is 1.14 bits per heavy atom. The summed E-state index contributed by atoms with van der Waals surface area (Å²) in [7, 11) is 1.30. The predicted octanol–water partition coefficient (Wildman–Crippen LogP) is 2.81. The molecule has 0 aromatic heterocycles. The minimum Gasteiger partial charge on any atom is -0.466 e. The fourth-order valence-electron chi connectivity index (χ4n) is 4.54. The van der Waals surface area contributed by atoms with Gasteiger partial charge in [-0.15, -0.1) is 0 Å². The van der Waals surface area contributed by atoms with Gasteiger partial charge in [0.05, 0.1) is 35.8 Å². The van der Waals surface area contributed by atoms with Crippen molar-refractivity contribution in [3.8, 4) is 0 Å². The van der Waals surface area contributed by atoms with Crippen LogP contribution in [0.15, 0.2) is 51.6 Å². The molecule has 3 aliphatic heterocycles. The van der Waals surface area contributed by atoms with Gasteiger partial charge in [0.25, 0.3) is 5.69 Å². The number of allylic oxidation sites excluding steroid dienone is 1. The first-order chi connectivity index (χ1) is 17.2. The number of methoxy groups -OCH3 is 1. The van der Waals surface area contributed by atoms with Crippen molar-refractivity contribution in [1.82, 2.24) is 14.7 Å². The Balaban J connectivity index is 1.65. The Morgan fingerprint density at radius 3 is 2.33 bits per heavy atom. The van der Waals surface area contributed by atoms with Gasteiger partial charge in [0, 0.05) is 50.9 Å². The second-order valence-electron chi connectivity index (χ2n) is 8.51. The van der Waals surface area contributed by atoms with E-state index in [0.29, 0.717) is 60.3 Å². The zero-order valence-electron chi connectivity index (χ0n) is 20.3. The molecule has 0 saturated carbocycles. The average Bonchev–Trinajstić information content (AvgIpc) is 3.29. The quantitative estimate of drug-likeness (QED) is 0.323. The van der Waals surface area contributed by atoms with Crippen LogP contribution in [0.5, 0.6) is 0 Å². The highest BCUT2D eigenvalue weighted by Gasteiger charge is 2.42. The van der Waals surface area contributed by atoms with Gasteiger partial charge in [-0.1, -0.05) is 18.7 Å². The van der Waals surface area contributed by atoms with Crippen LogP contribution in [0.1, 0.15) is 38.3 Å². The van der Waals surface area contributed by atoms with E-state index in [4.69, 9.17) is 4.74 Å². The monoisotopic (exact) mass is 513 g/mol. The molecule has 2 amide bonds. The molecule has 11 nitrogen and oxygen atoms in total. The maximum absolute atomic E-state index is 13.2. The predicted molar refractivity (Wildman–Crippen MR) is 134 cm³/mol. The number of amidine groups is 1. The summed E-state index contributed by atoms with van der Waals surface area (Å²) >= 11 is 1.37. The number of aliphatic imine (C=N–C) groups is 1. The molecule has 0 bridgehead atoms. The van der Waals surface area contributed by atoms with E-state index in [1.165, 1.54) is 37.9 Å². The van der Waals surface area contributed by atoms with Crippen molar-refractivity contribution in [3.05, 3.63) is 62.3 Å². The molecule has 12 heteroatoms. The second kappa shape index (κ2) is 10.5. The van der Waals surface area contributed by atoms with Crippen molar-refractivity contribution in [1.29, 1.82) is 0 Å². The number of carbonyl (C=O) groups excluding carboxylic acids is 3. The highest BCUT2D eigenvalue weighted by Crippen LogP contribution is 2.45. The molecule has 3 aliphatic rings. The minimum absolute atomic E-state index is 0.00837. The number of amides is 2. The number of benzene rings is 1. The van der Waals surface area contributed by atoms with Crippen LogP contribution >= 0.6 is 11.8 Å². The molecule has 0 N–H and O–H groups in total. The van der Waals surface area contributed by atoms with Gasteiger partial charge in [0.15, 0.2) is 5.17 Å². The third-order valence-electron chi connectivity index (χ3n) is 6.46. The lowest BCUT2D eigenvalue weighted by atomic mass is 9.92. The lowest BCUT2D eigenvalue weighted by molar-refractivity contribution is -0.384. The van der Waals surface area contributed by atoms with Crippen molar-refractivity contribution < 1.29 is 24.0 Å². The minimum atomic E-state index is -0.649. The molecule has 36 heavy (non-hydrogen) atoms. The highest BCUT2D eigenvalue weighted by atomic mass is 32.2. The molecule has 0 unspecified atom stereocenters. The molecule has 4 rings (SSSR count). The van der Waals surface area contributed by atoms with Crippen molar-refractivity contribution in [2.75, 3.05) is 33.3 Å². The second-order valence-corrected chi connectivity index (χ2v) is 9.35. The maximum atomic E-state index is 13.2. The van der Waals surface area contributed by atoms with Gasteiger partial charge in [0.1, 0.15) is 0 Å². The normalized spacial score (nSPS) is 19.5. The molecule has 1 fully saturated rings. The van der Waals surface area contributed by atoms with E-state index in [1.54, 1.807) is 21.9 Å². The molecule has 190 valence electrons. The van der Waals surface area contributed by atoms with E-state index in [-0.39, 0.29) is 23.9 Å². The van der Waals surface area contributed by atoms with Gasteiger partial charge in [-0.2, -0.15) is 0 Å². The molecule has 1 aromatic rings. The summed E-state index contributed by atoms with van der Waals surface area (Å²) in [6, 6.07) is 5.38. The number of esters is 1. The average molecular weight is 514 g/mol. The number of nitro groups is 1. The zero-order valence-corrected chi connectivity index (χ0v) is 21.1. The summed E-state index contributed by atoms with van der Waals surface area (Å²) in [4.78, 5) is 58.4. The highest BCUT2D eigenvalue weighted by molar-refractivity contribution is 8.16. The number of hydrogen-bond donors (Lipinski definition) is 0. The van der Waals surface area contributed by atoms with Gasteiger partial charge in [-0.3, -0.25) is 19.7 Å². The Hall–Kier alpha value is -3.67. The van der Waals surface area contributed by atoms with Crippen LogP contribution in [0.2, 0.25) is 0 Å². The molecule has 0 radical (unpaired) electrons. The molecule has 0 aliphatic carbocycles. The largest absolute Gasteiger partial charge is 0.466 e. The van der Waals surface area contributed by atoms with E-state index >= 15 is 0 Å². The number of ether oxygens (including phenoxy) is 1. The lowest BCUT2D eigenvalue weighted by Gasteiger charge is -2.38. The molecule has 3 heterocycles. The van der Waals surface area contributed by atoms with Gasteiger partial charge in [-0.05, 0) is 29.5 Å². The topological polar surface area (TPSA) is 126 Å². The summed E-state index contributed by atoms with van der Waals surface area (Å²) in [5.41, 5.74) is 2.18. The standard InChI is InChI=1S/C24H27N5O6S/c1-4-19-21(23(32)35-3)22(16-5-7-17(8-6-16)29(33)34)28-18(14-36-24(28)25-19)13-20(31)27-11-9-26(10-12-27)15(2)30/h5-8,14,22H,4,9-13H2,1-3H3/t22-/m1/s1. The number of thioether (sulfide) groups is 1. The zero-order chi connectivity index (χ0) is 26.0. The molecular weight excluding hydrogens is 486 g/mol. The summed E-state index contributed by atoms with van der Waals surface area (Å²) in [5, 5.41) is 13.7. The van der Waals surface area contributed by atoms with Crippen LogP contribution in [0.4, 0.5) is 5.69 Å². The van der Waals surface area contributed by atoms with Gasteiger partial charge in [0.2, 0.25) is 11.8 Å². The number of fused-ring (bicyclic) bond motifs is 1. The SMILES string of the molecule is CCC1=C(C(=O)OC)[C@@H](c2ccc([N+](=O)[O-])cc2)N2C(CC(=O)N3CCN(C(C)=O)CC3)=CSC2=N1. The number of rotatable bonds is 6. The van der Waals surface area contributed by atoms with Crippen molar-refractivity contribution in [3.63, 3.8) is 0 Å². The van der Waals surface area contributed by atoms with E-state index in [9.17, 15) is 24.5 Å². The summed E-state index contributed by atoms with van der Waals surface area (Å²) in [6.07, 6.45) is 0.575. The lowest BCUT2D eigenvalue weighted by Crippen LogP contribution is -2.50. The first-order valence-corrected chi connectivity index (χ1v) is 12.5. The Kier molecular flexibility index (Phi) is 7.43. The number of non-ortho nitro benzene ring substituents is 1. The maximum Gasteiger partial charge on any atom is 0.338 e. The van der Waals surface area contributed by atoms with E-state index in [2.05, 4.69) is 4.99 Å². The van der Waals surface area contributed by atoms with Crippen LogP contribution in [0.3, 0.4) is 0 Å². The van der Waals surface area contributed by atoms with E-state index in [1.807, 2.05) is 17.2 Å². The third kappa shape index (κ3) is 4.85. The third-order valence-corrected chi connectivity index (χ3v) is 7.35. The van der Waals surface area contributed by atoms with Crippen LogP contribution in [-0.2, 0) is 19.1 Å². The number of hydrogen-bond acceptors (Lipinski definition) is 9. The van der Waals surface area contributed by atoms with E-state index in [0.717, 1.165) is 0 Å². The number of piperazine rings is 1. The Bertz CT molecular complexity index is 1180. The summed E-state index contributed by atoms with van der Waals surface area (Å²) in [6.45, 7) is 5.31. The fraction of sp³-hybridized carbons (Fsp3) is 0.417. The smallest absolute Gasteiger partial charge is 0.338 e. The number of nitro benzene ring substituents is 1. The van der Waals surface area contributed by atoms with Crippen LogP contribution in [-0.4, -0.2) is 75.9 Å². The molecular formula is C24H27N5O6S. The van der Waals surface area contributed by atoms with Gasteiger partial charge in [-0.25, -0.2) is 9.79 Å². The number of carbonyl (C=O) groups is 3. The first-order valence-electron chi connectivity index (χ1n) is 11.6. The molecule has 1 atom stereocenters. The first kappa shape index (κ1) is 25.4. The van der Waals surface area contributed by atoms with E-state index < -0.39 is 16.9 Å². The Labute approximate surface area is 212 Å². The Morgan fingerprint density at radius 2 is 1.78 bits per heavy atom. The van der Waals surface area contributed by atoms with Crippen molar-refractivity contribution >= 4 is 40.4 Å². The van der Waals surface area contributed by atoms with Crippen LogP contribution in [0.25, 0.3) is 0 Å². The van der Waals surface area contributed by atoms with Gasteiger partial charge >= 0.3 is 5.97 Å². The van der Waals surface area contributed by atoms with Crippen LogP contribution in [0, 0.1) is 10.1 Å². The van der Waals surface area contributed by atoms with Gasteiger partial charge < -0.3 is 19.4 Å². The molecule has 0 spiro atoms.